The highest BCUT2D eigenvalue weighted by molar-refractivity contribution is 8.13. The lowest BCUT2D eigenvalue weighted by Crippen LogP contribution is -2.41. The molecule has 1 atom stereocenters. The Hall–Kier alpha value is -3.18. The van der Waals surface area contributed by atoms with E-state index in [9.17, 15) is 4.79 Å². The molecule has 2 aliphatic heterocycles. The van der Waals surface area contributed by atoms with E-state index in [4.69, 9.17) is 9.98 Å². The highest BCUT2D eigenvalue weighted by Gasteiger charge is 2.41. The molecule has 0 saturated heterocycles. The van der Waals surface area contributed by atoms with Crippen molar-refractivity contribution in [2.24, 2.45) is 9.98 Å². The smallest absolute Gasteiger partial charge is 0.259 e. The van der Waals surface area contributed by atoms with E-state index < -0.39 is 6.04 Å². The Bertz CT molecular complexity index is 1240. The molecule has 0 aromatic heterocycles. The van der Waals surface area contributed by atoms with E-state index in [1.807, 2.05) is 54.6 Å². The van der Waals surface area contributed by atoms with Crippen molar-refractivity contribution in [3.05, 3.63) is 101 Å². The van der Waals surface area contributed by atoms with Crippen molar-refractivity contribution in [1.82, 2.24) is 4.90 Å². The first-order valence-electron chi connectivity index (χ1n) is 11.3. The number of carbonyl (C=O) groups is 1. The van der Waals surface area contributed by atoms with Gasteiger partial charge in [-0.15, -0.1) is 0 Å². The third-order valence-corrected chi connectivity index (χ3v) is 7.02. The summed E-state index contributed by atoms with van der Waals surface area (Å²) in [4.78, 5) is 24.9. The maximum Gasteiger partial charge on any atom is 0.259 e. The Morgan fingerprint density at radius 1 is 0.879 bits per heavy atom. The van der Waals surface area contributed by atoms with Gasteiger partial charge in [-0.3, -0.25) is 9.79 Å². The van der Waals surface area contributed by atoms with Crippen molar-refractivity contribution >= 4 is 34.4 Å². The fourth-order valence-corrected chi connectivity index (χ4v) is 5.07. The third-order valence-electron chi connectivity index (χ3n) is 6.01. The van der Waals surface area contributed by atoms with E-state index in [1.165, 1.54) is 11.1 Å². The molecule has 1 unspecified atom stereocenters. The van der Waals surface area contributed by atoms with Gasteiger partial charge in [-0.25, -0.2) is 9.89 Å². The molecule has 2 aliphatic rings. The molecule has 166 valence electrons. The summed E-state index contributed by atoms with van der Waals surface area (Å²) in [6, 6.07) is 26.3. The highest BCUT2D eigenvalue weighted by Crippen LogP contribution is 2.35. The topological polar surface area (TPSA) is 45.0 Å². The van der Waals surface area contributed by atoms with Gasteiger partial charge in [0.05, 0.1) is 5.69 Å². The molecule has 33 heavy (non-hydrogen) atoms. The van der Waals surface area contributed by atoms with Crippen LogP contribution in [0.25, 0.3) is 0 Å². The molecule has 0 radical (unpaired) electrons. The first-order valence-corrected chi connectivity index (χ1v) is 12.2. The predicted octanol–water partition coefficient (Wildman–Crippen LogP) is 6.12. The molecular formula is C28H27N3OS. The molecule has 5 rings (SSSR count). The summed E-state index contributed by atoms with van der Waals surface area (Å²) >= 11 is 1.59. The van der Waals surface area contributed by atoms with Gasteiger partial charge >= 0.3 is 0 Å². The van der Waals surface area contributed by atoms with E-state index in [0.29, 0.717) is 11.6 Å². The number of benzene rings is 3. The summed E-state index contributed by atoms with van der Waals surface area (Å²) in [5.74, 6) is 1.46. The second-order valence-corrected chi connectivity index (χ2v) is 10.4. The van der Waals surface area contributed by atoms with Gasteiger partial charge in [0.1, 0.15) is 11.9 Å². The Morgan fingerprint density at radius 2 is 1.58 bits per heavy atom. The summed E-state index contributed by atoms with van der Waals surface area (Å²) in [5.41, 5.74) is 5.54. The lowest BCUT2D eigenvalue weighted by atomic mass is 9.87. The minimum Gasteiger partial charge on any atom is -0.271 e. The highest BCUT2D eigenvalue weighted by atomic mass is 32.2. The molecule has 3 aromatic carbocycles. The molecule has 0 saturated carbocycles. The van der Waals surface area contributed by atoms with Gasteiger partial charge in [-0.1, -0.05) is 99.3 Å². The molecule has 4 nitrogen and oxygen atoms in total. The summed E-state index contributed by atoms with van der Waals surface area (Å²) in [7, 11) is 0. The first kappa shape index (κ1) is 21.7. The van der Waals surface area contributed by atoms with E-state index in [-0.39, 0.29) is 11.3 Å². The number of hydrogen-bond acceptors (Lipinski definition) is 4. The van der Waals surface area contributed by atoms with Crippen LogP contribution in [0.1, 0.15) is 43.0 Å². The zero-order valence-electron chi connectivity index (χ0n) is 19.2. The van der Waals surface area contributed by atoms with Crippen molar-refractivity contribution < 1.29 is 4.79 Å². The number of thioether (sulfide) groups is 1. The largest absolute Gasteiger partial charge is 0.271 e. The lowest BCUT2D eigenvalue weighted by molar-refractivity contribution is -0.124. The van der Waals surface area contributed by atoms with Crippen molar-refractivity contribution in [1.29, 1.82) is 0 Å². The van der Waals surface area contributed by atoms with Crippen LogP contribution in [-0.4, -0.2) is 27.9 Å². The van der Waals surface area contributed by atoms with Crippen LogP contribution >= 0.6 is 11.8 Å². The zero-order chi connectivity index (χ0) is 23.0. The summed E-state index contributed by atoms with van der Waals surface area (Å²) in [6.07, 6.45) is 0.591. The number of rotatable bonds is 4. The predicted molar refractivity (Wildman–Crippen MR) is 137 cm³/mol. The average Bonchev–Trinajstić information content (AvgIpc) is 3.14. The first-order chi connectivity index (χ1) is 15.9. The molecule has 0 spiro atoms. The minimum absolute atomic E-state index is 0.00214. The van der Waals surface area contributed by atoms with Crippen LogP contribution in [0.4, 0.5) is 5.69 Å². The molecule has 0 aliphatic carbocycles. The molecule has 0 fully saturated rings. The van der Waals surface area contributed by atoms with Crippen LogP contribution in [0.2, 0.25) is 0 Å². The van der Waals surface area contributed by atoms with Crippen molar-refractivity contribution in [3.8, 4) is 0 Å². The number of amides is 1. The van der Waals surface area contributed by atoms with E-state index in [0.717, 1.165) is 28.4 Å². The zero-order valence-corrected chi connectivity index (χ0v) is 20.0. The fraction of sp³-hybridized carbons (Fsp3) is 0.250. The Balaban J connectivity index is 1.41. The van der Waals surface area contributed by atoms with E-state index in [2.05, 4.69) is 45.0 Å². The van der Waals surface area contributed by atoms with Crippen LogP contribution in [0.3, 0.4) is 0 Å². The van der Waals surface area contributed by atoms with Crippen LogP contribution in [0.15, 0.2) is 88.8 Å². The van der Waals surface area contributed by atoms with E-state index >= 15 is 0 Å². The van der Waals surface area contributed by atoms with E-state index in [1.54, 1.807) is 16.7 Å². The van der Waals surface area contributed by atoms with Crippen LogP contribution < -0.4 is 0 Å². The Morgan fingerprint density at radius 3 is 2.30 bits per heavy atom. The minimum atomic E-state index is -0.426. The molecule has 1 amide bonds. The fourth-order valence-electron chi connectivity index (χ4n) is 4.12. The molecule has 0 N–H and O–H groups in total. The van der Waals surface area contributed by atoms with Crippen molar-refractivity contribution in [2.45, 2.75) is 44.4 Å². The van der Waals surface area contributed by atoms with Crippen LogP contribution in [0, 0.1) is 0 Å². The number of carbonyl (C=O) groups excluding carboxylic acids is 1. The van der Waals surface area contributed by atoms with Crippen LogP contribution in [-0.2, 0) is 22.4 Å². The number of amidine groups is 2. The lowest BCUT2D eigenvalue weighted by Gasteiger charge is -2.25. The maximum atomic E-state index is 13.4. The van der Waals surface area contributed by atoms with Gasteiger partial charge in [0, 0.05) is 17.7 Å². The summed E-state index contributed by atoms with van der Waals surface area (Å²) in [5, 5.41) is 0.702. The number of hydrogen-bond donors (Lipinski definition) is 0. The molecule has 0 bridgehead atoms. The SMILES string of the molecule is CC(C)(C)c1ccc(CSC2=Nc3ccccc3C3=NC(Cc4ccccc4)C(=O)N23)cc1. The second kappa shape index (κ2) is 8.64. The number of fused-ring (bicyclic) bond motifs is 3. The third kappa shape index (κ3) is 4.38. The van der Waals surface area contributed by atoms with Gasteiger partial charge < -0.3 is 0 Å². The molecule has 5 heteroatoms. The molecule has 3 aromatic rings. The number of aliphatic imine (C=N–C) groups is 2. The van der Waals surface area contributed by atoms with Gasteiger partial charge in [0.15, 0.2) is 5.17 Å². The Labute approximate surface area is 199 Å². The second-order valence-electron chi connectivity index (χ2n) is 9.48. The number of nitrogens with zero attached hydrogens (tertiary/aromatic N) is 3. The Kier molecular flexibility index (Phi) is 5.67. The van der Waals surface area contributed by atoms with Crippen LogP contribution in [0.5, 0.6) is 0 Å². The normalized spacial score (nSPS) is 17.4. The summed E-state index contributed by atoms with van der Waals surface area (Å²) in [6.45, 7) is 6.66. The van der Waals surface area contributed by atoms with Gasteiger partial charge in [-0.2, -0.15) is 0 Å². The van der Waals surface area contributed by atoms with Crippen molar-refractivity contribution in [3.63, 3.8) is 0 Å². The van der Waals surface area contributed by atoms with Crippen molar-refractivity contribution in [2.75, 3.05) is 0 Å². The van der Waals surface area contributed by atoms with Gasteiger partial charge in [-0.05, 0) is 34.2 Å². The van der Waals surface area contributed by atoms with Gasteiger partial charge in [0.2, 0.25) is 0 Å². The number of para-hydroxylation sites is 1. The average molecular weight is 454 g/mol. The molecular weight excluding hydrogens is 426 g/mol. The monoisotopic (exact) mass is 453 g/mol. The maximum absolute atomic E-state index is 13.4. The molecule has 2 heterocycles. The summed E-state index contributed by atoms with van der Waals surface area (Å²) < 4.78 is 0. The van der Waals surface area contributed by atoms with Gasteiger partial charge in [0.25, 0.3) is 5.91 Å². The standard InChI is InChI=1S/C28H27N3OS/c1-28(2,3)21-15-13-20(14-16-21)18-33-27-30-23-12-8-7-11-22(23)25-29-24(26(32)31(25)27)17-19-9-5-4-6-10-19/h4-16,24H,17-18H2,1-3H3. The quantitative estimate of drug-likeness (QED) is 0.478.